The molecule has 23 heavy (non-hydrogen) atoms. The van der Waals surface area contributed by atoms with Gasteiger partial charge in [-0.1, -0.05) is 52.4 Å². The quantitative estimate of drug-likeness (QED) is 0.392. The molecule has 0 aliphatic heterocycles. The number of allylic oxidation sites excluding steroid dienone is 8. The van der Waals surface area contributed by atoms with E-state index in [1.165, 1.54) is 36.8 Å². The fourth-order valence-corrected chi connectivity index (χ4v) is 2.70. The third-order valence-corrected chi connectivity index (χ3v) is 3.95. The van der Waals surface area contributed by atoms with Gasteiger partial charge in [-0.2, -0.15) is 12.2 Å². The molecular weight excluding hydrogens is 402 g/mol. The number of halogens is 2. The van der Waals surface area contributed by atoms with Crippen LogP contribution in [0.3, 0.4) is 0 Å². The van der Waals surface area contributed by atoms with E-state index in [0.29, 0.717) is 0 Å². The molecule has 2 atom stereocenters. The Hall–Kier alpha value is 0.423. The fraction of sp³-hybridized carbons (Fsp3) is 0.600. The standard InChI is InChI=1S/2C10H15.2ClH.Zr/c2*1-3-6-9(2)10-7-4-5-8-10;;;/h2*4,7,9H,3,5-6H2,1-2H3;2*1H;/q2*-1;;;+2. The second-order valence-electron chi connectivity index (χ2n) is 5.86. The first-order valence-electron chi connectivity index (χ1n) is 8.23. The van der Waals surface area contributed by atoms with Crippen molar-refractivity contribution >= 4 is 24.8 Å². The number of hydrogen-bond donors (Lipinski definition) is 0. The van der Waals surface area contributed by atoms with Crippen LogP contribution in [0.1, 0.15) is 66.2 Å². The summed E-state index contributed by atoms with van der Waals surface area (Å²) in [4.78, 5) is 0. The number of hydrogen-bond acceptors (Lipinski definition) is 0. The van der Waals surface area contributed by atoms with Crippen LogP contribution in [-0.2, 0) is 26.2 Å². The second-order valence-corrected chi connectivity index (χ2v) is 5.86. The van der Waals surface area contributed by atoms with E-state index < -0.39 is 0 Å². The largest absolute Gasteiger partial charge is 2.00 e. The minimum absolute atomic E-state index is 0. The van der Waals surface area contributed by atoms with Crippen molar-refractivity contribution in [3.63, 3.8) is 0 Å². The molecule has 0 spiro atoms. The third kappa shape index (κ3) is 11.6. The zero-order chi connectivity index (χ0) is 14.8. The van der Waals surface area contributed by atoms with E-state index in [4.69, 9.17) is 0 Å². The Bertz CT molecular complexity index is 356. The summed E-state index contributed by atoms with van der Waals surface area (Å²) in [5.74, 6) is 1.45. The first-order chi connectivity index (χ1) is 9.69. The summed E-state index contributed by atoms with van der Waals surface area (Å²) in [6, 6.07) is 0. The number of rotatable bonds is 6. The molecule has 3 heteroatoms. The Labute approximate surface area is 175 Å². The van der Waals surface area contributed by atoms with E-state index in [9.17, 15) is 0 Å². The maximum Gasteiger partial charge on any atom is 2.00 e. The second kappa shape index (κ2) is 17.3. The van der Waals surface area contributed by atoms with Gasteiger partial charge >= 0.3 is 26.2 Å². The van der Waals surface area contributed by atoms with Gasteiger partial charge in [-0.25, -0.2) is 23.3 Å². The van der Waals surface area contributed by atoms with Crippen molar-refractivity contribution in [1.82, 2.24) is 0 Å². The van der Waals surface area contributed by atoms with Crippen molar-refractivity contribution in [3.05, 3.63) is 47.6 Å². The van der Waals surface area contributed by atoms with Gasteiger partial charge in [0.05, 0.1) is 0 Å². The molecule has 2 unspecified atom stereocenters. The molecule has 2 rings (SSSR count). The topological polar surface area (TPSA) is 0 Å². The van der Waals surface area contributed by atoms with Crippen molar-refractivity contribution in [2.75, 3.05) is 0 Å². The van der Waals surface area contributed by atoms with Gasteiger partial charge in [0.15, 0.2) is 0 Å². The van der Waals surface area contributed by atoms with Gasteiger partial charge in [0.1, 0.15) is 0 Å². The fourth-order valence-electron chi connectivity index (χ4n) is 2.70. The monoisotopic (exact) mass is 432 g/mol. The van der Waals surface area contributed by atoms with Crippen LogP contribution in [0.4, 0.5) is 0 Å². The molecule has 2 aliphatic carbocycles. The Morgan fingerprint density at radius 2 is 1.17 bits per heavy atom. The summed E-state index contributed by atoms with van der Waals surface area (Å²) < 4.78 is 0. The van der Waals surface area contributed by atoms with Gasteiger partial charge in [-0.15, -0.1) is 37.7 Å². The first-order valence-corrected chi connectivity index (χ1v) is 8.23. The Balaban J connectivity index is -0.000000308. The van der Waals surface area contributed by atoms with Gasteiger partial charge in [-0.05, 0) is 12.8 Å². The van der Waals surface area contributed by atoms with Crippen molar-refractivity contribution < 1.29 is 26.2 Å². The molecule has 0 nitrogen and oxygen atoms in total. The summed E-state index contributed by atoms with van der Waals surface area (Å²) in [5, 5.41) is 0. The molecular formula is C20H32Cl2Zr. The van der Waals surface area contributed by atoms with Crippen LogP contribution in [0.5, 0.6) is 0 Å². The third-order valence-electron chi connectivity index (χ3n) is 3.95. The molecule has 130 valence electrons. The van der Waals surface area contributed by atoms with Crippen molar-refractivity contribution in [1.29, 1.82) is 0 Å². The molecule has 0 fully saturated rings. The van der Waals surface area contributed by atoms with Crippen LogP contribution < -0.4 is 0 Å². The summed E-state index contributed by atoms with van der Waals surface area (Å²) in [6.07, 6.45) is 22.7. The average molecular weight is 435 g/mol. The van der Waals surface area contributed by atoms with Gasteiger partial charge in [-0.3, -0.25) is 12.2 Å². The molecule has 2 aliphatic rings. The Kier molecular flexibility index (Phi) is 21.2. The van der Waals surface area contributed by atoms with Crippen LogP contribution >= 0.6 is 24.8 Å². The molecule has 0 amide bonds. The van der Waals surface area contributed by atoms with Crippen LogP contribution in [-0.4, -0.2) is 0 Å². The van der Waals surface area contributed by atoms with E-state index in [1.54, 1.807) is 0 Å². The summed E-state index contributed by atoms with van der Waals surface area (Å²) >= 11 is 0. The molecule has 0 aromatic carbocycles. The average Bonchev–Trinajstić information content (AvgIpc) is 3.14. The zero-order valence-corrected chi connectivity index (χ0v) is 19.1. The van der Waals surface area contributed by atoms with Crippen molar-refractivity contribution in [2.24, 2.45) is 11.8 Å². The molecule has 0 saturated carbocycles. The Morgan fingerprint density at radius 1 is 0.826 bits per heavy atom. The van der Waals surface area contributed by atoms with Gasteiger partial charge in [0.2, 0.25) is 0 Å². The summed E-state index contributed by atoms with van der Waals surface area (Å²) in [7, 11) is 0. The van der Waals surface area contributed by atoms with Gasteiger partial charge < -0.3 is 0 Å². The molecule has 0 aromatic rings. The van der Waals surface area contributed by atoms with E-state index in [0.717, 1.165) is 24.7 Å². The van der Waals surface area contributed by atoms with Crippen LogP contribution in [0.25, 0.3) is 0 Å². The van der Waals surface area contributed by atoms with Gasteiger partial charge in [0.25, 0.3) is 0 Å². The SMILES string of the molecule is CCCC(C)C1=[C-]CC=C1.CCCC(C)C1=[C-]CC=C1.Cl.Cl.[Zr+2]. The molecule has 0 aromatic heterocycles. The Morgan fingerprint density at radius 3 is 1.39 bits per heavy atom. The normalized spacial score (nSPS) is 16.7. The van der Waals surface area contributed by atoms with E-state index in [1.807, 2.05) is 0 Å². The molecule has 0 saturated heterocycles. The minimum Gasteiger partial charge on any atom is -0.269 e. The maximum absolute atomic E-state index is 3.35. The van der Waals surface area contributed by atoms with Crippen molar-refractivity contribution in [2.45, 2.75) is 66.2 Å². The smallest absolute Gasteiger partial charge is 0.269 e. The molecule has 0 bridgehead atoms. The molecule has 0 N–H and O–H groups in total. The summed E-state index contributed by atoms with van der Waals surface area (Å²) in [5.41, 5.74) is 2.84. The predicted molar refractivity (Wildman–Crippen MR) is 104 cm³/mol. The van der Waals surface area contributed by atoms with E-state index in [2.05, 4.69) is 64.2 Å². The molecule has 0 heterocycles. The molecule has 0 radical (unpaired) electrons. The maximum atomic E-state index is 3.35. The summed E-state index contributed by atoms with van der Waals surface area (Å²) in [6.45, 7) is 9.02. The van der Waals surface area contributed by atoms with Crippen LogP contribution in [0.2, 0.25) is 0 Å². The predicted octanol–water partition coefficient (Wildman–Crippen LogP) is 7.07. The van der Waals surface area contributed by atoms with Gasteiger partial charge in [0, 0.05) is 0 Å². The van der Waals surface area contributed by atoms with Crippen molar-refractivity contribution in [3.8, 4) is 0 Å². The van der Waals surface area contributed by atoms with E-state index >= 15 is 0 Å². The van der Waals surface area contributed by atoms with Crippen LogP contribution in [0.15, 0.2) is 35.5 Å². The van der Waals surface area contributed by atoms with Crippen LogP contribution in [0, 0.1) is 24.0 Å². The van der Waals surface area contributed by atoms with E-state index in [-0.39, 0.29) is 51.0 Å². The minimum atomic E-state index is 0. The first kappa shape index (κ1) is 28.2. The zero-order valence-electron chi connectivity index (χ0n) is 15.0.